The van der Waals surface area contributed by atoms with Crippen molar-refractivity contribution in [3.05, 3.63) is 41.2 Å². The topological polar surface area (TPSA) is 51.2 Å². The number of nitrogens with one attached hydrogen (secondary N) is 1. The summed E-state index contributed by atoms with van der Waals surface area (Å²) in [6.45, 7) is 5.30. The van der Waals surface area contributed by atoms with Gasteiger partial charge < -0.3 is 10.1 Å². The highest BCUT2D eigenvalue weighted by atomic mass is 16.5. The van der Waals surface area contributed by atoms with Gasteiger partial charge in [-0.15, -0.1) is 0 Å². The Balaban J connectivity index is 2.45. The van der Waals surface area contributed by atoms with E-state index in [1.165, 1.54) is 7.11 Å². The first-order chi connectivity index (χ1) is 8.69. The van der Waals surface area contributed by atoms with Gasteiger partial charge in [-0.05, 0) is 25.0 Å². The van der Waals surface area contributed by atoms with Crippen molar-refractivity contribution < 1.29 is 9.53 Å². The van der Waals surface area contributed by atoms with Crippen LogP contribution in [0.15, 0.2) is 30.0 Å². The fourth-order valence-electron chi connectivity index (χ4n) is 1.59. The lowest BCUT2D eigenvalue weighted by Crippen LogP contribution is -2.16. The van der Waals surface area contributed by atoms with Crippen molar-refractivity contribution in [2.24, 2.45) is 0 Å². The van der Waals surface area contributed by atoms with E-state index in [0.717, 1.165) is 11.3 Å². The van der Waals surface area contributed by atoms with Crippen molar-refractivity contribution in [1.82, 2.24) is 10.3 Å². The van der Waals surface area contributed by atoms with E-state index >= 15 is 0 Å². The van der Waals surface area contributed by atoms with Gasteiger partial charge in [0.15, 0.2) is 0 Å². The second-order valence-electron chi connectivity index (χ2n) is 3.97. The quantitative estimate of drug-likeness (QED) is 0.475. The zero-order valence-corrected chi connectivity index (χ0v) is 11.2. The van der Waals surface area contributed by atoms with E-state index in [1.54, 1.807) is 6.20 Å². The predicted octanol–water partition coefficient (Wildman–Crippen LogP) is 1.99. The van der Waals surface area contributed by atoms with Crippen LogP contribution in [0.3, 0.4) is 0 Å². The molecule has 0 fully saturated rings. The van der Waals surface area contributed by atoms with E-state index in [9.17, 15) is 4.79 Å². The van der Waals surface area contributed by atoms with E-state index in [4.69, 9.17) is 4.74 Å². The molecule has 1 aromatic heterocycles. The summed E-state index contributed by atoms with van der Waals surface area (Å²) in [5.74, 6) is -0.256. The van der Waals surface area contributed by atoms with Crippen LogP contribution in [0.25, 0.3) is 0 Å². The summed E-state index contributed by atoms with van der Waals surface area (Å²) in [4.78, 5) is 15.6. The van der Waals surface area contributed by atoms with Gasteiger partial charge in [-0.1, -0.05) is 19.1 Å². The van der Waals surface area contributed by atoms with Crippen LogP contribution in [0, 0.1) is 6.92 Å². The van der Waals surface area contributed by atoms with Crippen molar-refractivity contribution >= 4 is 5.97 Å². The molecule has 0 aliphatic heterocycles. The van der Waals surface area contributed by atoms with Gasteiger partial charge in [0.05, 0.1) is 12.8 Å². The van der Waals surface area contributed by atoms with Gasteiger partial charge in [0.2, 0.25) is 0 Å². The summed E-state index contributed by atoms with van der Waals surface area (Å²) < 4.78 is 4.69. The first-order valence-corrected chi connectivity index (χ1v) is 6.07. The fraction of sp³-hybridized carbons (Fsp3) is 0.429. The maximum absolute atomic E-state index is 11.3. The van der Waals surface area contributed by atoms with Crippen LogP contribution in [0.1, 0.15) is 24.6 Å². The molecule has 0 aliphatic carbocycles. The molecule has 0 spiro atoms. The first kappa shape index (κ1) is 14.4. The SMILES string of the molecule is CC/C(=C/CNCc1ncccc1C)C(=O)OC. The number of rotatable bonds is 6. The highest BCUT2D eigenvalue weighted by Crippen LogP contribution is 2.03. The van der Waals surface area contributed by atoms with Crippen LogP contribution in [0.2, 0.25) is 0 Å². The average molecular weight is 248 g/mol. The number of carbonyl (C=O) groups is 1. The Labute approximate surface area is 108 Å². The Bertz CT molecular complexity index is 428. The number of ether oxygens (including phenoxy) is 1. The number of aromatic nitrogens is 1. The number of aryl methyl sites for hydroxylation is 1. The molecule has 98 valence electrons. The molecule has 0 aliphatic rings. The van der Waals surface area contributed by atoms with E-state index in [-0.39, 0.29) is 5.97 Å². The summed E-state index contributed by atoms with van der Waals surface area (Å²) in [6, 6.07) is 3.96. The van der Waals surface area contributed by atoms with Crippen LogP contribution in [0.4, 0.5) is 0 Å². The molecule has 0 atom stereocenters. The molecule has 1 heterocycles. The average Bonchev–Trinajstić information content (AvgIpc) is 2.40. The van der Waals surface area contributed by atoms with E-state index in [0.29, 0.717) is 25.1 Å². The molecule has 0 saturated carbocycles. The van der Waals surface area contributed by atoms with Crippen molar-refractivity contribution in [1.29, 1.82) is 0 Å². The number of esters is 1. The fourth-order valence-corrected chi connectivity index (χ4v) is 1.59. The molecule has 0 bridgehead atoms. The number of carbonyl (C=O) groups excluding carboxylic acids is 1. The predicted molar refractivity (Wildman–Crippen MR) is 71.1 cm³/mol. The number of hydrogen-bond acceptors (Lipinski definition) is 4. The summed E-state index contributed by atoms with van der Waals surface area (Å²) in [7, 11) is 1.40. The van der Waals surface area contributed by atoms with Crippen molar-refractivity contribution in [2.45, 2.75) is 26.8 Å². The molecule has 0 aromatic carbocycles. The first-order valence-electron chi connectivity index (χ1n) is 6.07. The van der Waals surface area contributed by atoms with Crippen LogP contribution < -0.4 is 5.32 Å². The Kier molecular flexibility index (Phi) is 6.08. The van der Waals surface area contributed by atoms with Crippen molar-refractivity contribution in [3.63, 3.8) is 0 Å². The summed E-state index contributed by atoms with van der Waals surface area (Å²) in [6.07, 6.45) is 4.33. The molecule has 1 N–H and O–H groups in total. The molecule has 0 amide bonds. The molecular formula is C14H20N2O2. The van der Waals surface area contributed by atoms with Gasteiger partial charge in [0.25, 0.3) is 0 Å². The maximum atomic E-state index is 11.3. The van der Waals surface area contributed by atoms with Gasteiger partial charge in [-0.2, -0.15) is 0 Å². The lowest BCUT2D eigenvalue weighted by Gasteiger charge is -2.06. The Morgan fingerprint density at radius 1 is 1.56 bits per heavy atom. The second-order valence-corrected chi connectivity index (χ2v) is 3.97. The lowest BCUT2D eigenvalue weighted by atomic mass is 10.2. The summed E-state index contributed by atoms with van der Waals surface area (Å²) in [5, 5.41) is 3.24. The van der Waals surface area contributed by atoms with Crippen LogP contribution >= 0.6 is 0 Å². The standard InChI is InChI=1S/C14H20N2O2/c1-4-12(14(17)18-3)7-9-15-10-13-11(2)6-5-8-16-13/h5-8,15H,4,9-10H2,1-3H3/b12-7-. The number of methoxy groups -OCH3 is 1. The van der Waals surface area contributed by atoms with Gasteiger partial charge in [-0.3, -0.25) is 4.98 Å². The van der Waals surface area contributed by atoms with Crippen LogP contribution in [-0.4, -0.2) is 24.6 Å². The minimum absolute atomic E-state index is 0.256. The molecule has 18 heavy (non-hydrogen) atoms. The Morgan fingerprint density at radius 3 is 2.94 bits per heavy atom. The maximum Gasteiger partial charge on any atom is 0.333 e. The Morgan fingerprint density at radius 2 is 2.33 bits per heavy atom. The molecule has 1 aromatic rings. The van der Waals surface area contributed by atoms with Crippen molar-refractivity contribution in [3.8, 4) is 0 Å². The molecule has 1 rings (SSSR count). The zero-order valence-electron chi connectivity index (χ0n) is 11.2. The van der Waals surface area contributed by atoms with E-state index < -0.39 is 0 Å². The third kappa shape index (κ3) is 4.30. The van der Waals surface area contributed by atoms with E-state index in [1.807, 2.05) is 32.1 Å². The molecule has 0 radical (unpaired) electrons. The minimum atomic E-state index is -0.256. The molecule has 4 nitrogen and oxygen atoms in total. The number of nitrogens with zero attached hydrogens (tertiary/aromatic N) is 1. The normalized spacial score (nSPS) is 11.4. The minimum Gasteiger partial charge on any atom is -0.466 e. The largest absolute Gasteiger partial charge is 0.466 e. The zero-order chi connectivity index (χ0) is 13.4. The van der Waals surface area contributed by atoms with Crippen LogP contribution in [-0.2, 0) is 16.1 Å². The number of hydrogen-bond donors (Lipinski definition) is 1. The number of pyridine rings is 1. The highest BCUT2D eigenvalue weighted by molar-refractivity contribution is 5.88. The molecule has 4 heteroatoms. The third-order valence-corrected chi connectivity index (χ3v) is 2.73. The monoisotopic (exact) mass is 248 g/mol. The summed E-state index contributed by atoms with van der Waals surface area (Å²) in [5.41, 5.74) is 2.89. The summed E-state index contributed by atoms with van der Waals surface area (Å²) >= 11 is 0. The Hall–Kier alpha value is -1.68. The van der Waals surface area contributed by atoms with Gasteiger partial charge in [-0.25, -0.2) is 4.79 Å². The lowest BCUT2D eigenvalue weighted by molar-refractivity contribution is -0.136. The van der Waals surface area contributed by atoms with Gasteiger partial charge >= 0.3 is 5.97 Å². The van der Waals surface area contributed by atoms with E-state index in [2.05, 4.69) is 10.3 Å². The van der Waals surface area contributed by atoms with Gasteiger partial charge in [0, 0.05) is 24.9 Å². The molecule has 0 saturated heterocycles. The second kappa shape index (κ2) is 7.61. The van der Waals surface area contributed by atoms with Gasteiger partial charge in [0.1, 0.15) is 0 Å². The molecule has 0 unspecified atom stereocenters. The van der Waals surface area contributed by atoms with Crippen molar-refractivity contribution in [2.75, 3.05) is 13.7 Å². The smallest absolute Gasteiger partial charge is 0.333 e. The molecular weight excluding hydrogens is 228 g/mol. The van der Waals surface area contributed by atoms with Crippen LogP contribution in [0.5, 0.6) is 0 Å². The third-order valence-electron chi connectivity index (χ3n) is 2.73. The highest BCUT2D eigenvalue weighted by Gasteiger charge is 2.05.